The molecular weight excluding hydrogens is 330 g/mol. The topological polar surface area (TPSA) is 92.2 Å². The van der Waals surface area contributed by atoms with Crippen molar-refractivity contribution in [2.75, 3.05) is 6.54 Å². The molecule has 132 valence electrons. The number of carboxylic acids is 1. The number of aliphatic carboxylic acids is 1. The molecule has 0 bridgehead atoms. The molecule has 0 spiro atoms. The van der Waals surface area contributed by atoms with Gasteiger partial charge in [-0.2, -0.15) is 0 Å². The monoisotopic (exact) mass is 349 g/mol. The number of nitrogens with zero attached hydrogens (tertiary/aromatic N) is 2. The molecule has 0 saturated carbocycles. The molecule has 0 radical (unpaired) electrons. The Kier molecular flexibility index (Phi) is 4.93. The van der Waals surface area contributed by atoms with Gasteiger partial charge in [0.05, 0.1) is 28.3 Å². The number of amides is 1. The Morgan fingerprint density at radius 3 is 2.31 bits per heavy atom. The van der Waals surface area contributed by atoms with Gasteiger partial charge in [-0.05, 0) is 37.6 Å². The average molecular weight is 349 g/mol. The molecule has 0 aliphatic rings. The fourth-order valence-corrected chi connectivity index (χ4v) is 2.70. The molecule has 1 unspecified atom stereocenters. The van der Waals surface area contributed by atoms with Crippen LogP contribution in [0.15, 0.2) is 48.5 Å². The molecule has 0 fully saturated rings. The molecule has 3 aromatic rings. The van der Waals surface area contributed by atoms with Crippen molar-refractivity contribution in [1.82, 2.24) is 15.3 Å². The normalized spacial score (nSPS) is 11.9. The summed E-state index contributed by atoms with van der Waals surface area (Å²) in [4.78, 5) is 32.9. The van der Waals surface area contributed by atoms with Crippen LogP contribution in [0.3, 0.4) is 0 Å². The zero-order valence-corrected chi connectivity index (χ0v) is 14.6. The second kappa shape index (κ2) is 7.31. The first-order valence-corrected chi connectivity index (χ1v) is 8.26. The van der Waals surface area contributed by atoms with Crippen molar-refractivity contribution in [2.45, 2.75) is 19.8 Å². The van der Waals surface area contributed by atoms with Gasteiger partial charge < -0.3 is 10.4 Å². The van der Waals surface area contributed by atoms with Gasteiger partial charge in [-0.25, -0.2) is 9.97 Å². The van der Waals surface area contributed by atoms with Crippen LogP contribution in [0, 0.1) is 13.8 Å². The summed E-state index contributed by atoms with van der Waals surface area (Å²) in [5, 5.41) is 12.1. The van der Waals surface area contributed by atoms with Gasteiger partial charge in [0.25, 0.3) is 5.91 Å². The molecule has 0 aliphatic carbocycles. The fraction of sp³-hybridized carbons (Fsp3) is 0.200. The van der Waals surface area contributed by atoms with E-state index in [1.54, 1.807) is 42.5 Å². The van der Waals surface area contributed by atoms with E-state index >= 15 is 0 Å². The lowest BCUT2D eigenvalue weighted by Gasteiger charge is -2.14. The summed E-state index contributed by atoms with van der Waals surface area (Å²) in [6.45, 7) is 3.76. The fourth-order valence-electron chi connectivity index (χ4n) is 2.70. The molecular formula is C20H19N3O3. The van der Waals surface area contributed by atoms with Gasteiger partial charge in [-0.15, -0.1) is 0 Å². The summed E-state index contributed by atoms with van der Waals surface area (Å²) in [6.07, 6.45) is 0. The molecule has 1 aromatic heterocycles. The third-order valence-electron chi connectivity index (χ3n) is 4.30. The van der Waals surface area contributed by atoms with Crippen LogP contribution in [-0.4, -0.2) is 33.5 Å². The quantitative estimate of drug-likeness (QED) is 0.739. The lowest BCUT2D eigenvalue weighted by Crippen LogP contribution is -2.31. The van der Waals surface area contributed by atoms with Gasteiger partial charge in [-0.3, -0.25) is 9.59 Å². The van der Waals surface area contributed by atoms with E-state index in [1.807, 2.05) is 19.9 Å². The maximum absolute atomic E-state index is 12.4. The molecule has 6 nitrogen and oxygen atoms in total. The third-order valence-corrected chi connectivity index (χ3v) is 4.30. The van der Waals surface area contributed by atoms with Crippen LogP contribution in [0.25, 0.3) is 11.0 Å². The molecule has 0 saturated heterocycles. The van der Waals surface area contributed by atoms with E-state index in [1.165, 1.54) is 0 Å². The van der Waals surface area contributed by atoms with E-state index in [-0.39, 0.29) is 12.5 Å². The zero-order valence-electron chi connectivity index (χ0n) is 14.6. The highest BCUT2D eigenvalue weighted by molar-refractivity contribution is 5.97. The Labute approximate surface area is 150 Å². The SMILES string of the molecule is Cc1nc2ccc(C(=O)NCC(C(=O)O)c3ccccc3)cc2nc1C. The first kappa shape index (κ1) is 17.5. The van der Waals surface area contributed by atoms with Crippen LogP contribution in [0.2, 0.25) is 0 Å². The lowest BCUT2D eigenvalue weighted by molar-refractivity contribution is -0.138. The van der Waals surface area contributed by atoms with Crippen molar-refractivity contribution in [3.63, 3.8) is 0 Å². The number of benzene rings is 2. The van der Waals surface area contributed by atoms with E-state index in [2.05, 4.69) is 15.3 Å². The summed E-state index contributed by atoms with van der Waals surface area (Å²) in [6, 6.07) is 13.9. The molecule has 2 N–H and O–H groups in total. The molecule has 3 rings (SSSR count). The van der Waals surface area contributed by atoms with Crippen LogP contribution < -0.4 is 5.32 Å². The molecule has 6 heteroatoms. The highest BCUT2D eigenvalue weighted by Gasteiger charge is 2.20. The molecule has 26 heavy (non-hydrogen) atoms. The second-order valence-electron chi connectivity index (χ2n) is 6.11. The smallest absolute Gasteiger partial charge is 0.312 e. The highest BCUT2D eigenvalue weighted by Crippen LogP contribution is 2.17. The van der Waals surface area contributed by atoms with E-state index < -0.39 is 11.9 Å². The van der Waals surface area contributed by atoms with Crippen molar-refractivity contribution >= 4 is 22.9 Å². The number of hydrogen-bond acceptors (Lipinski definition) is 4. The van der Waals surface area contributed by atoms with Crippen molar-refractivity contribution < 1.29 is 14.7 Å². The molecule has 1 amide bonds. The summed E-state index contributed by atoms with van der Waals surface area (Å²) >= 11 is 0. The number of rotatable bonds is 5. The molecule has 1 atom stereocenters. The average Bonchev–Trinajstić information content (AvgIpc) is 2.63. The molecule has 1 heterocycles. The van der Waals surface area contributed by atoms with Crippen LogP contribution in [0.5, 0.6) is 0 Å². The Bertz CT molecular complexity index is 971. The van der Waals surface area contributed by atoms with Crippen LogP contribution in [0.4, 0.5) is 0 Å². The van der Waals surface area contributed by atoms with Gasteiger partial charge in [0.1, 0.15) is 0 Å². The number of carboxylic acid groups (broad SMARTS) is 1. The Morgan fingerprint density at radius 1 is 1.00 bits per heavy atom. The van der Waals surface area contributed by atoms with E-state index in [0.717, 1.165) is 16.9 Å². The maximum Gasteiger partial charge on any atom is 0.312 e. The van der Waals surface area contributed by atoms with Gasteiger partial charge >= 0.3 is 5.97 Å². The second-order valence-corrected chi connectivity index (χ2v) is 6.11. The van der Waals surface area contributed by atoms with Crippen LogP contribution in [-0.2, 0) is 4.79 Å². The van der Waals surface area contributed by atoms with Gasteiger partial charge in [0.2, 0.25) is 0 Å². The summed E-state index contributed by atoms with van der Waals surface area (Å²) in [5.74, 6) is -2.12. The number of aryl methyl sites for hydroxylation is 2. The van der Waals surface area contributed by atoms with E-state index in [4.69, 9.17) is 0 Å². The summed E-state index contributed by atoms with van der Waals surface area (Å²) in [5.41, 5.74) is 4.09. The molecule has 2 aromatic carbocycles. The van der Waals surface area contributed by atoms with Crippen molar-refractivity contribution in [1.29, 1.82) is 0 Å². The van der Waals surface area contributed by atoms with E-state index in [9.17, 15) is 14.7 Å². The number of aromatic nitrogens is 2. The first-order chi connectivity index (χ1) is 12.5. The summed E-state index contributed by atoms with van der Waals surface area (Å²) < 4.78 is 0. The Balaban J connectivity index is 1.78. The lowest BCUT2D eigenvalue weighted by atomic mass is 9.99. The third kappa shape index (κ3) is 3.69. The zero-order chi connectivity index (χ0) is 18.7. The predicted octanol–water partition coefficient (Wildman–Crippen LogP) is 2.84. The number of nitrogens with one attached hydrogen (secondary N) is 1. The van der Waals surface area contributed by atoms with E-state index in [0.29, 0.717) is 16.6 Å². The minimum absolute atomic E-state index is 0.00875. The van der Waals surface area contributed by atoms with Gasteiger partial charge in [0, 0.05) is 12.1 Å². The molecule has 0 aliphatic heterocycles. The number of hydrogen-bond donors (Lipinski definition) is 2. The Hall–Kier alpha value is -3.28. The number of carbonyl (C=O) groups is 2. The Morgan fingerprint density at radius 2 is 1.65 bits per heavy atom. The first-order valence-electron chi connectivity index (χ1n) is 8.26. The van der Waals surface area contributed by atoms with Crippen LogP contribution in [0.1, 0.15) is 33.2 Å². The number of carbonyl (C=O) groups excluding carboxylic acids is 1. The summed E-state index contributed by atoms with van der Waals surface area (Å²) in [7, 11) is 0. The minimum Gasteiger partial charge on any atom is -0.481 e. The predicted molar refractivity (Wildman–Crippen MR) is 98.2 cm³/mol. The largest absolute Gasteiger partial charge is 0.481 e. The minimum atomic E-state index is -0.980. The standard InChI is InChI=1S/C20H19N3O3/c1-12-13(2)23-18-10-15(8-9-17(18)22-12)19(24)21-11-16(20(25)26)14-6-4-3-5-7-14/h3-10,16H,11H2,1-2H3,(H,21,24)(H,25,26). The van der Waals surface area contributed by atoms with Gasteiger partial charge in [-0.1, -0.05) is 30.3 Å². The van der Waals surface area contributed by atoms with Crippen molar-refractivity contribution in [3.8, 4) is 0 Å². The van der Waals surface area contributed by atoms with Crippen molar-refractivity contribution in [3.05, 3.63) is 71.0 Å². The maximum atomic E-state index is 12.4. The van der Waals surface area contributed by atoms with Gasteiger partial charge in [0.15, 0.2) is 0 Å². The number of fused-ring (bicyclic) bond motifs is 1. The van der Waals surface area contributed by atoms with Crippen molar-refractivity contribution in [2.24, 2.45) is 0 Å². The van der Waals surface area contributed by atoms with Crippen LogP contribution >= 0.6 is 0 Å². The highest BCUT2D eigenvalue weighted by atomic mass is 16.4.